The lowest BCUT2D eigenvalue weighted by Gasteiger charge is -2.08. The highest BCUT2D eigenvalue weighted by molar-refractivity contribution is 7.99. The van der Waals surface area contributed by atoms with Crippen LogP contribution in [0, 0.1) is 13.8 Å². The summed E-state index contributed by atoms with van der Waals surface area (Å²) < 4.78 is 10.4. The van der Waals surface area contributed by atoms with Gasteiger partial charge in [-0.05, 0) is 38.5 Å². The first kappa shape index (κ1) is 26.1. The smallest absolute Gasteiger partial charge is 0.348 e. The third kappa shape index (κ3) is 6.43. The van der Waals surface area contributed by atoms with Gasteiger partial charge in [0.25, 0.3) is 11.1 Å². The number of aromatic nitrogens is 2. The zero-order valence-electron chi connectivity index (χ0n) is 20.4. The lowest BCUT2D eigenvalue weighted by Crippen LogP contribution is -2.18. The van der Waals surface area contributed by atoms with E-state index < -0.39 is 17.8 Å². The van der Waals surface area contributed by atoms with Gasteiger partial charge in [0.1, 0.15) is 9.88 Å². The second-order valence-electron chi connectivity index (χ2n) is 7.89. The second-order valence-corrected chi connectivity index (χ2v) is 9.83. The fraction of sp³-hybridized carbons (Fsp3) is 0.192. The summed E-state index contributed by atoms with van der Waals surface area (Å²) in [5.41, 5.74) is 3.14. The van der Waals surface area contributed by atoms with E-state index in [0.29, 0.717) is 17.1 Å². The molecule has 2 heterocycles. The minimum absolute atomic E-state index is 0.0407. The molecule has 0 bridgehead atoms. The van der Waals surface area contributed by atoms with Crippen molar-refractivity contribution in [3.8, 4) is 11.4 Å². The summed E-state index contributed by atoms with van der Waals surface area (Å²) in [4.78, 5) is 42.9. The van der Waals surface area contributed by atoms with Crippen LogP contribution in [-0.2, 0) is 9.53 Å². The average Bonchev–Trinajstić information content (AvgIpc) is 3.48. The number of hydrogen-bond acceptors (Lipinski definition) is 9. The van der Waals surface area contributed by atoms with Gasteiger partial charge in [0.05, 0.1) is 17.9 Å². The standard InChI is InChI=1S/C26H24N4O5S2/c1-4-34-25(33)21-16(3)20(23(32)27-18-8-6-5-7-9-18)24(37-21)28-19(31)14-36-26-29-22(30-35-26)17-12-10-15(2)11-13-17/h5-13H,4,14H2,1-3H3,(H,27,32)(H,28,31). The molecule has 0 saturated heterocycles. The van der Waals surface area contributed by atoms with Crippen LogP contribution in [0.4, 0.5) is 10.7 Å². The minimum Gasteiger partial charge on any atom is -0.462 e. The Kier molecular flexibility index (Phi) is 8.36. The molecule has 9 nitrogen and oxygen atoms in total. The Hall–Kier alpha value is -3.96. The maximum atomic E-state index is 13.1. The molecule has 0 radical (unpaired) electrons. The van der Waals surface area contributed by atoms with Crippen LogP contribution < -0.4 is 10.6 Å². The molecule has 11 heteroatoms. The highest BCUT2D eigenvalue weighted by atomic mass is 32.2. The Labute approximate surface area is 221 Å². The van der Waals surface area contributed by atoms with E-state index >= 15 is 0 Å². The molecule has 4 aromatic rings. The summed E-state index contributed by atoms with van der Waals surface area (Å²) in [6, 6.07) is 16.6. The van der Waals surface area contributed by atoms with Crippen molar-refractivity contribution in [1.82, 2.24) is 10.1 Å². The van der Waals surface area contributed by atoms with Crippen molar-refractivity contribution in [2.24, 2.45) is 0 Å². The molecule has 190 valence electrons. The topological polar surface area (TPSA) is 123 Å². The predicted molar refractivity (Wildman–Crippen MR) is 143 cm³/mol. The molecule has 0 aliphatic rings. The Bertz CT molecular complexity index is 1410. The number of thioether (sulfide) groups is 1. The Morgan fingerprint density at radius 1 is 1.03 bits per heavy atom. The first-order valence-electron chi connectivity index (χ1n) is 11.4. The third-order valence-corrected chi connectivity index (χ3v) is 7.17. The molecule has 4 rings (SSSR count). The maximum Gasteiger partial charge on any atom is 0.348 e. The summed E-state index contributed by atoms with van der Waals surface area (Å²) in [7, 11) is 0. The number of anilines is 2. The summed E-state index contributed by atoms with van der Waals surface area (Å²) in [5, 5.41) is 10.0. The monoisotopic (exact) mass is 536 g/mol. The molecule has 0 atom stereocenters. The molecule has 2 amide bonds. The molecular formula is C26H24N4O5S2. The Balaban J connectivity index is 1.48. The van der Waals surface area contributed by atoms with Gasteiger partial charge in [0.15, 0.2) is 0 Å². The molecule has 2 N–H and O–H groups in total. The molecule has 0 spiro atoms. The number of esters is 1. The number of carbonyl (C=O) groups is 3. The van der Waals surface area contributed by atoms with Crippen molar-refractivity contribution in [1.29, 1.82) is 0 Å². The minimum atomic E-state index is -0.553. The van der Waals surface area contributed by atoms with Gasteiger partial charge in [-0.3, -0.25) is 9.59 Å². The van der Waals surface area contributed by atoms with Crippen LogP contribution in [0.3, 0.4) is 0 Å². The average molecular weight is 537 g/mol. The van der Waals surface area contributed by atoms with Gasteiger partial charge < -0.3 is 19.9 Å². The van der Waals surface area contributed by atoms with Crippen molar-refractivity contribution in [3.63, 3.8) is 0 Å². The van der Waals surface area contributed by atoms with Gasteiger partial charge >= 0.3 is 5.97 Å². The van der Waals surface area contributed by atoms with Gasteiger partial charge in [-0.1, -0.05) is 64.9 Å². The number of aryl methyl sites for hydroxylation is 1. The van der Waals surface area contributed by atoms with Gasteiger partial charge in [0, 0.05) is 11.3 Å². The van der Waals surface area contributed by atoms with Crippen LogP contribution in [0.1, 0.15) is 38.1 Å². The first-order valence-corrected chi connectivity index (χ1v) is 13.2. The summed E-state index contributed by atoms with van der Waals surface area (Å²) in [5.74, 6) is -1.01. The van der Waals surface area contributed by atoms with Gasteiger partial charge in [0.2, 0.25) is 11.7 Å². The fourth-order valence-electron chi connectivity index (χ4n) is 3.36. The van der Waals surface area contributed by atoms with E-state index in [1.807, 2.05) is 37.3 Å². The van der Waals surface area contributed by atoms with E-state index in [1.54, 1.807) is 38.1 Å². The Morgan fingerprint density at radius 2 is 1.76 bits per heavy atom. The predicted octanol–water partition coefficient (Wildman–Crippen LogP) is 5.57. The number of rotatable bonds is 9. The lowest BCUT2D eigenvalue weighted by molar-refractivity contribution is -0.113. The van der Waals surface area contributed by atoms with Crippen LogP contribution in [0.5, 0.6) is 0 Å². The molecule has 0 saturated carbocycles. The van der Waals surface area contributed by atoms with Crippen molar-refractivity contribution < 1.29 is 23.6 Å². The number of thiophene rings is 1. The van der Waals surface area contributed by atoms with Crippen LogP contribution in [0.2, 0.25) is 0 Å². The highest BCUT2D eigenvalue weighted by Crippen LogP contribution is 2.34. The number of para-hydroxylation sites is 1. The van der Waals surface area contributed by atoms with Gasteiger partial charge in [-0.25, -0.2) is 4.79 Å². The zero-order valence-corrected chi connectivity index (χ0v) is 22.0. The first-order chi connectivity index (χ1) is 17.9. The van der Waals surface area contributed by atoms with E-state index in [-0.39, 0.29) is 33.0 Å². The number of nitrogens with one attached hydrogen (secondary N) is 2. The highest BCUT2D eigenvalue weighted by Gasteiger charge is 2.27. The molecule has 2 aromatic heterocycles. The molecule has 2 aromatic carbocycles. The normalized spacial score (nSPS) is 10.7. The quantitative estimate of drug-likeness (QED) is 0.210. The molecular weight excluding hydrogens is 512 g/mol. The van der Waals surface area contributed by atoms with Crippen molar-refractivity contribution in [3.05, 3.63) is 76.2 Å². The van der Waals surface area contributed by atoms with E-state index in [2.05, 4.69) is 20.8 Å². The number of amides is 2. The van der Waals surface area contributed by atoms with E-state index in [0.717, 1.165) is 34.2 Å². The van der Waals surface area contributed by atoms with Crippen LogP contribution in [0.25, 0.3) is 11.4 Å². The number of nitrogens with zero attached hydrogens (tertiary/aromatic N) is 2. The molecule has 0 unspecified atom stereocenters. The lowest BCUT2D eigenvalue weighted by atomic mass is 10.1. The SMILES string of the molecule is CCOC(=O)c1sc(NC(=O)CSc2nc(-c3ccc(C)cc3)no2)c(C(=O)Nc2ccccc2)c1C. The van der Waals surface area contributed by atoms with Crippen LogP contribution in [-0.4, -0.2) is 40.3 Å². The molecule has 0 aliphatic carbocycles. The Morgan fingerprint density at radius 3 is 2.46 bits per heavy atom. The zero-order chi connectivity index (χ0) is 26.4. The van der Waals surface area contributed by atoms with Crippen molar-refractivity contribution in [2.45, 2.75) is 26.0 Å². The molecule has 0 fully saturated rings. The van der Waals surface area contributed by atoms with Crippen LogP contribution in [0.15, 0.2) is 64.3 Å². The molecule has 37 heavy (non-hydrogen) atoms. The summed E-state index contributed by atoms with van der Waals surface area (Å²) >= 11 is 2.07. The third-order valence-electron chi connectivity index (χ3n) is 5.16. The van der Waals surface area contributed by atoms with Crippen LogP contribution >= 0.6 is 23.1 Å². The summed E-state index contributed by atoms with van der Waals surface area (Å²) in [6.45, 7) is 5.53. The number of benzene rings is 2. The fourth-order valence-corrected chi connectivity index (χ4v) is 5.04. The van der Waals surface area contributed by atoms with Gasteiger partial charge in [-0.15, -0.1) is 11.3 Å². The van der Waals surface area contributed by atoms with Crippen molar-refractivity contribution in [2.75, 3.05) is 23.0 Å². The second kappa shape index (κ2) is 11.8. The number of carbonyl (C=O) groups excluding carboxylic acids is 3. The van der Waals surface area contributed by atoms with Crippen molar-refractivity contribution >= 4 is 51.6 Å². The number of ether oxygens (including phenoxy) is 1. The van der Waals surface area contributed by atoms with E-state index in [4.69, 9.17) is 9.26 Å². The summed E-state index contributed by atoms with van der Waals surface area (Å²) in [6.07, 6.45) is 0. The maximum absolute atomic E-state index is 13.1. The number of hydrogen-bond donors (Lipinski definition) is 2. The van der Waals surface area contributed by atoms with Gasteiger partial charge in [-0.2, -0.15) is 4.98 Å². The van der Waals surface area contributed by atoms with E-state index in [1.165, 1.54) is 0 Å². The van der Waals surface area contributed by atoms with E-state index in [9.17, 15) is 14.4 Å². The molecule has 0 aliphatic heterocycles. The largest absolute Gasteiger partial charge is 0.462 e.